The summed E-state index contributed by atoms with van der Waals surface area (Å²) in [6, 6.07) is 28.3. The first kappa shape index (κ1) is 38.2. The molecule has 294 valence electrons. The predicted octanol–water partition coefficient (Wildman–Crippen LogP) is 6.19. The molecule has 3 aliphatic rings. The number of aryl methyl sites for hydroxylation is 2. The number of non-ortho nitro benzene ring substituents is 1. The Labute approximate surface area is 332 Å². The van der Waals surface area contributed by atoms with E-state index >= 15 is 4.79 Å². The number of hydrogen-bond acceptors (Lipinski definition) is 9. The molecule has 5 aromatic rings. The molecule has 3 aliphatic heterocycles. The van der Waals surface area contributed by atoms with Crippen LogP contribution in [-0.4, -0.2) is 64.7 Å². The predicted molar refractivity (Wildman–Crippen MR) is 218 cm³/mol. The smallest absolute Gasteiger partial charge is 0.269 e. The summed E-state index contributed by atoms with van der Waals surface area (Å²) in [5.74, 6) is 0.106. The third-order valence-corrected chi connectivity index (χ3v) is 16.6. The van der Waals surface area contributed by atoms with Crippen molar-refractivity contribution in [2.75, 3.05) is 23.5 Å². The van der Waals surface area contributed by atoms with Crippen LogP contribution in [0.15, 0.2) is 97.2 Å². The van der Waals surface area contributed by atoms with Gasteiger partial charge in [-0.25, -0.2) is 0 Å². The summed E-state index contributed by atoms with van der Waals surface area (Å²) in [5, 5.41) is 31.4. The van der Waals surface area contributed by atoms with Crippen molar-refractivity contribution in [2.45, 2.75) is 76.0 Å². The quantitative estimate of drug-likeness (QED) is 0.0886. The molecule has 0 radical (unpaired) electrons. The topological polar surface area (TPSA) is 153 Å². The van der Waals surface area contributed by atoms with Crippen molar-refractivity contribution in [2.24, 2.45) is 5.92 Å². The highest BCUT2D eigenvalue weighted by atomic mass is 28.3. The van der Waals surface area contributed by atoms with Gasteiger partial charge in [0.25, 0.3) is 11.6 Å². The Balaban J connectivity index is 1.19. The number of methoxy groups -OCH3 is 1. The number of carbonyl (C=O) groups excluding carboxylic acids is 2. The number of nitrogens with zero attached hydrogens (tertiary/aromatic N) is 6. The van der Waals surface area contributed by atoms with Gasteiger partial charge in [-0.15, -0.1) is 5.10 Å². The second-order valence-corrected chi connectivity index (χ2v) is 20.5. The molecule has 1 spiro atoms. The number of anilines is 3. The zero-order valence-corrected chi connectivity index (χ0v) is 33.5. The van der Waals surface area contributed by atoms with E-state index in [2.05, 4.69) is 42.5 Å². The molecule has 1 aromatic heterocycles. The van der Waals surface area contributed by atoms with E-state index in [-0.39, 0.29) is 42.1 Å². The summed E-state index contributed by atoms with van der Waals surface area (Å²) in [6.45, 7) is 7.23. The molecule has 57 heavy (non-hydrogen) atoms. The number of hydrogen-bond donors (Lipinski definition) is 1. The summed E-state index contributed by atoms with van der Waals surface area (Å²) in [7, 11) is -0.857. The number of amides is 2. The number of aromatic nitrogens is 3. The molecule has 0 bridgehead atoms. The van der Waals surface area contributed by atoms with Gasteiger partial charge in [0.05, 0.1) is 49.8 Å². The highest BCUT2D eigenvalue weighted by Crippen LogP contribution is 2.60. The van der Waals surface area contributed by atoms with E-state index in [0.717, 1.165) is 22.6 Å². The Kier molecular flexibility index (Phi) is 10.0. The fraction of sp³-hybridized carbons (Fsp3) is 0.349. The highest BCUT2D eigenvalue weighted by Gasteiger charge is 2.66. The zero-order chi connectivity index (χ0) is 40.1. The number of nitro groups is 1. The number of rotatable bonds is 12. The maximum Gasteiger partial charge on any atom is 0.269 e. The van der Waals surface area contributed by atoms with Crippen molar-refractivity contribution >= 4 is 47.8 Å². The lowest BCUT2D eigenvalue weighted by Gasteiger charge is -2.37. The summed E-state index contributed by atoms with van der Waals surface area (Å²) in [6.07, 6.45) is 3.38. The van der Waals surface area contributed by atoms with E-state index in [4.69, 9.17) is 9.47 Å². The summed E-state index contributed by atoms with van der Waals surface area (Å²) >= 11 is 0. The van der Waals surface area contributed by atoms with Crippen molar-refractivity contribution in [1.29, 1.82) is 0 Å². The molecule has 4 aromatic carbocycles. The molecular weight excluding hydrogens is 741 g/mol. The second kappa shape index (κ2) is 15.0. The van der Waals surface area contributed by atoms with E-state index < -0.39 is 24.7 Å². The average molecular weight is 787 g/mol. The molecule has 4 heterocycles. The lowest BCUT2D eigenvalue weighted by molar-refractivity contribution is -0.385. The van der Waals surface area contributed by atoms with Gasteiger partial charge in [-0.3, -0.25) is 29.3 Å². The molecule has 13 nitrogen and oxygen atoms in total. The Morgan fingerprint density at radius 1 is 1.00 bits per heavy atom. The molecule has 14 heteroatoms. The first-order chi connectivity index (χ1) is 27.5. The standard InChI is InChI=1S/C43H46N6O7Si/c1-28-41(57(3,4)35-16-14-34(55-2)15-17-35)39(20-22-46-27-31(21-23-50)44-45-46)56-43(28)36-25-33(49(53)54)13-18-38(36)47(42(43)52)26-29-8-7-10-32(24-29)48-37-11-6-5-9-30(37)12-19-40(48)51/h5-11,13-18,24-25,27-28,39,41,50H,12,19-23,26H2,1-4H3/t28-,39+,41-,43+/m0/s1. The van der Waals surface area contributed by atoms with Gasteiger partial charge in [0.2, 0.25) is 5.91 Å². The third-order valence-electron chi connectivity index (χ3n) is 12.2. The molecule has 1 fully saturated rings. The molecule has 0 saturated carbocycles. The molecule has 2 amide bonds. The minimum absolute atomic E-state index is 0.00382. The van der Waals surface area contributed by atoms with Crippen LogP contribution in [0.3, 0.4) is 0 Å². The number of carbonyl (C=O) groups is 2. The van der Waals surface area contributed by atoms with Crippen LogP contribution < -0.4 is 19.7 Å². The molecule has 0 unspecified atom stereocenters. The Bertz CT molecular complexity index is 2350. The normalized spacial score (nSPS) is 21.6. The molecule has 1 saturated heterocycles. The number of nitro benzene ring substituents is 1. The molecule has 1 N–H and O–H groups in total. The second-order valence-electron chi connectivity index (χ2n) is 15.8. The van der Waals surface area contributed by atoms with Crippen LogP contribution in [0.4, 0.5) is 22.7 Å². The van der Waals surface area contributed by atoms with E-state index in [1.807, 2.05) is 66.9 Å². The lowest BCUT2D eigenvalue weighted by Crippen LogP contribution is -2.51. The van der Waals surface area contributed by atoms with Crippen molar-refractivity contribution in [3.8, 4) is 5.75 Å². The maximum atomic E-state index is 15.4. The molecule has 0 aliphatic carbocycles. The summed E-state index contributed by atoms with van der Waals surface area (Å²) in [4.78, 5) is 44.0. The van der Waals surface area contributed by atoms with Crippen LogP contribution in [0.25, 0.3) is 0 Å². The van der Waals surface area contributed by atoms with Crippen LogP contribution >= 0.6 is 0 Å². The van der Waals surface area contributed by atoms with Crippen molar-refractivity contribution in [3.05, 3.63) is 130 Å². The summed E-state index contributed by atoms with van der Waals surface area (Å²) in [5.41, 5.74) is 3.48. The first-order valence-electron chi connectivity index (χ1n) is 19.4. The van der Waals surface area contributed by atoms with Crippen molar-refractivity contribution < 1.29 is 29.1 Å². The molecule has 4 atom stereocenters. The number of fused-ring (bicyclic) bond motifs is 3. The average Bonchev–Trinajstić information content (AvgIpc) is 3.86. The largest absolute Gasteiger partial charge is 0.497 e. The van der Waals surface area contributed by atoms with Crippen molar-refractivity contribution in [3.63, 3.8) is 0 Å². The van der Waals surface area contributed by atoms with Gasteiger partial charge < -0.3 is 19.5 Å². The van der Waals surface area contributed by atoms with Crippen molar-refractivity contribution in [1.82, 2.24) is 15.0 Å². The zero-order valence-electron chi connectivity index (χ0n) is 32.5. The summed E-state index contributed by atoms with van der Waals surface area (Å²) < 4.78 is 14.4. The van der Waals surface area contributed by atoms with Gasteiger partial charge in [0, 0.05) is 61.5 Å². The van der Waals surface area contributed by atoms with Crippen LogP contribution in [-0.2, 0) is 45.9 Å². The minimum atomic E-state index is -2.49. The van der Waals surface area contributed by atoms with E-state index in [0.29, 0.717) is 54.9 Å². The highest BCUT2D eigenvalue weighted by molar-refractivity contribution is 6.91. The van der Waals surface area contributed by atoms with E-state index in [1.165, 1.54) is 17.3 Å². The maximum absolute atomic E-state index is 15.4. The van der Waals surface area contributed by atoms with Gasteiger partial charge in [-0.2, -0.15) is 0 Å². The fourth-order valence-electron chi connectivity index (χ4n) is 9.47. The van der Waals surface area contributed by atoms with Gasteiger partial charge in [-0.05, 0) is 65.9 Å². The number of para-hydroxylation sites is 1. The Morgan fingerprint density at radius 2 is 1.79 bits per heavy atom. The molecular formula is C43H46N6O7Si. The van der Waals surface area contributed by atoms with Crippen LogP contribution in [0, 0.1) is 16.0 Å². The monoisotopic (exact) mass is 786 g/mol. The van der Waals surface area contributed by atoms with E-state index in [9.17, 15) is 20.0 Å². The Morgan fingerprint density at radius 3 is 2.54 bits per heavy atom. The Hall–Kier alpha value is -5.70. The van der Waals surface area contributed by atoms with Gasteiger partial charge in [0.1, 0.15) is 5.75 Å². The fourth-order valence-corrected chi connectivity index (χ4v) is 13.5. The van der Waals surface area contributed by atoms with Gasteiger partial charge in [0.15, 0.2) is 5.60 Å². The number of aliphatic hydroxyl groups is 1. The number of aliphatic hydroxyl groups excluding tert-OH is 1. The van der Waals surface area contributed by atoms with Gasteiger partial charge in [-0.1, -0.05) is 72.9 Å². The molecule has 8 rings (SSSR count). The van der Waals surface area contributed by atoms with Gasteiger partial charge >= 0.3 is 0 Å². The lowest BCUT2D eigenvalue weighted by atomic mass is 9.82. The first-order valence-corrected chi connectivity index (χ1v) is 22.5. The third kappa shape index (κ3) is 6.60. The van der Waals surface area contributed by atoms with Crippen LogP contribution in [0.5, 0.6) is 5.75 Å². The van der Waals surface area contributed by atoms with E-state index in [1.54, 1.807) is 27.7 Å². The van der Waals surface area contributed by atoms with Crippen LogP contribution in [0.1, 0.15) is 42.1 Å². The number of ether oxygens (including phenoxy) is 2. The van der Waals surface area contributed by atoms with Crippen LogP contribution in [0.2, 0.25) is 18.6 Å². The number of benzene rings is 4. The SMILES string of the molecule is COc1ccc([Si](C)(C)[C@@H]2[C@@H](CCn3cc(CCO)nn3)O[C@]3(C(=O)N(Cc4cccc(N5C(=O)CCc6ccccc65)c4)c4ccc([N+](=O)[O-])cc43)[C@H]2C)cc1. The minimum Gasteiger partial charge on any atom is -0.497 e.